The van der Waals surface area contributed by atoms with Crippen molar-refractivity contribution in [1.82, 2.24) is 5.32 Å². The fourth-order valence-corrected chi connectivity index (χ4v) is 2.24. The van der Waals surface area contributed by atoms with Crippen molar-refractivity contribution in [3.05, 3.63) is 27.7 Å². The second-order valence-corrected chi connectivity index (χ2v) is 4.68. The number of hydrogen-bond donors (Lipinski definition) is 2. The molecule has 1 unspecified atom stereocenters. The lowest BCUT2D eigenvalue weighted by atomic mass is 10.1. The number of ether oxygens (including phenoxy) is 1. The summed E-state index contributed by atoms with van der Waals surface area (Å²) in [5.41, 5.74) is 0.712. The highest BCUT2D eigenvalue weighted by atomic mass is 35.5. The Bertz CT molecular complexity index is 378. The number of benzene rings is 1. The van der Waals surface area contributed by atoms with E-state index in [0.717, 1.165) is 19.6 Å². The summed E-state index contributed by atoms with van der Waals surface area (Å²) in [7, 11) is 0. The van der Waals surface area contributed by atoms with Crippen LogP contribution in [0, 0.1) is 0 Å². The summed E-state index contributed by atoms with van der Waals surface area (Å²) in [6.45, 7) is 2.05. The summed E-state index contributed by atoms with van der Waals surface area (Å²) in [6, 6.07) is 3.59. The molecule has 0 spiro atoms. The number of aromatic hydroxyl groups is 1. The summed E-state index contributed by atoms with van der Waals surface area (Å²) in [6.07, 6.45) is 0.995. The Morgan fingerprint density at radius 1 is 1.44 bits per heavy atom. The Labute approximate surface area is 104 Å². The van der Waals surface area contributed by atoms with Crippen LogP contribution in [0.5, 0.6) is 5.75 Å². The molecular formula is C11H13Cl2NO2. The minimum absolute atomic E-state index is 0.0949. The van der Waals surface area contributed by atoms with Crippen LogP contribution >= 0.6 is 23.2 Å². The normalized spacial score (nSPS) is 20.2. The number of nitrogens with one attached hydrogen (secondary N) is 1. The van der Waals surface area contributed by atoms with Crippen molar-refractivity contribution in [3.8, 4) is 5.75 Å². The van der Waals surface area contributed by atoms with Gasteiger partial charge in [-0.2, -0.15) is 0 Å². The van der Waals surface area contributed by atoms with Gasteiger partial charge in [0.05, 0.1) is 11.6 Å². The summed E-state index contributed by atoms with van der Waals surface area (Å²) in [5, 5.41) is 13.8. The Balaban J connectivity index is 2.02. The van der Waals surface area contributed by atoms with Gasteiger partial charge < -0.3 is 15.2 Å². The monoisotopic (exact) mass is 261 g/mol. The first kappa shape index (κ1) is 12.0. The molecule has 1 saturated heterocycles. The highest BCUT2D eigenvalue weighted by Crippen LogP contribution is 2.31. The molecule has 0 saturated carbocycles. The Kier molecular flexibility index (Phi) is 3.92. The molecular weight excluding hydrogens is 249 g/mol. The molecule has 2 N–H and O–H groups in total. The average Bonchev–Trinajstić information content (AvgIpc) is 2.74. The summed E-state index contributed by atoms with van der Waals surface area (Å²) in [4.78, 5) is 0. The lowest BCUT2D eigenvalue weighted by molar-refractivity contribution is 0.189. The molecule has 1 aromatic carbocycles. The van der Waals surface area contributed by atoms with Crippen LogP contribution in [0.3, 0.4) is 0 Å². The van der Waals surface area contributed by atoms with E-state index in [9.17, 15) is 5.11 Å². The smallest absolute Gasteiger partial charge is 0.138 e. The molecule has 1 aliphatic heterocycles. The minimum Gasteiger partial charge on any atom is -0.506 e. The summed E-state index contributed by atoms with van der Waals surface area (Å²) < 4.78 is 5.25. The number of hydrogen-bond acceptors (Lipinski definition) is 3. The third kappa shape index (κ3) is 2.80. The Morgan fingerprint density at radius 3 is 2.94 bits per heavy atom. The maximum Gasteiger partial charge on any atom is 0.138 e. The van der Waals surface area contributed by atoms with E-state index < -0.39 is 0 Å². The second-order valence-electron chi connectivity index (χ2n) is 3.84. The molecule has 1 fully saturated rings. The fourth-order valence-electron chi connectivity index (χ4n) is 1.70. The van der Waals surface area contributed by atoms with Crippen LogP contribution in [-0.4, -0.2) is 24.4 Å². The molecule has 16 heavy (non-hydrogen) atoms. The predicted molar refractivity (Wildman–Crippen MR) is 64.2 cm³/mol. The summed E-state index contributed by atoms with van der Waals surface area (Å²) >= 11 is 11.7. The molecule has 88 valence electrons. The first-order valence-corrected chi connectivity index (χ1v) is 5.90. The van der Waals surface area contributed by atoms with Gasteiger partial charge in [-0.05, 0) is 18.6 Å². The third-order valence-corrected chi connectivity index (χ3v) is 3.12. The van der Waals surface area contributed by atoms with Gasteiger partial charge >= 0.3 is 0 Å². The van der Waals surface area contributed by atoms with Crippen molar-refractivity contribution in [2.75, 3.05) is 13.2 Å². The lowest BCUT2D eigenvalue weighted by Crippen LogP contribution is -2.28. The zero-order chi connectivity index (χ0) is 11.5. The van der Waals surface area contributed by atoms with Gasteiger partial charge in [0.25, 0.3) is 0 Å². The SMILES string of the molecule is Oc1c(Cl)cc(Cl)cc1CNC1CCOC1. The van der Waals surface area contributed by atoms with Crippen molar-refractivity contribution < 1.29 is 9.84 Å². The number of phenolic OH excluding ortho intramolecular Hbond substituents is 1. The number of halogens is 2. The first-order chi connectivity index (χ1) is 7.66. The number of rotatable bonds is 3. The van der Waals surface area contributed by atoms with Crippen LogP contribution < -0.4 is 5.32 Å². The maximum absolute atomic E-state index is 9.73. The van der Waals surface area contributed by atoms with Crippen molar-refractivity contribution in [2.45, 2.75) is 19.0 Å². The largest absolute Gasteiger partial charge is 0.506 e. The van der Waals surface area contributed by atoms with E-state index in [1.165, 1.54) is 6.07 Å². The standard InChI is InChI=1S/C11H13Cl2NO2/c12-8-3-7(11(15)10(13)4-8)5-14-9-1-2-16-6-9/h3-4,9,14-15H,1-2,5-6H2. The van der Waals surface area contributed by atoms with Crippen molar-refractivity contribution in [3.63, 3.8) is 0 Å². The van der Waals surface area contributed by atoms with Crippen LogP contribution in [0.2, 0.25) is 10.0 Å². The van der Waals surface area contributed by atoms with E-state index in [0.29, 0.717) is 23.2 Å². The zero-order valence-electron chi connectivity index (χ0n) is 8.67. The molecule has 1 atom stereocenters. The van der Waals surface area contributed by atoms with Gasteiger partial charge in [-0.3, -0.25) is 0 Å². The lowest BCUT2D eigenvalue weighted by Gasteiger charge is -2.12. The van der Waals surface area contributed by atoms with E-state index in [-0.39, 0.29) is 10.8 Å². The van der Waals surface area contributed by atoms with Crippen LogP contribution in [0.4, 0.5) is 0 Å². The molecule has 1 aromatic rings. The predicted octanol–water partition coefficient (Wildman–Crippen LogP) is 2.58. The quantitative estimate of drug-likeness (QED) is 0.879. The van der Waals surface area contributed by atoms with Gasteiger partial charge in [-0.1, -0.05) is 23.2 Å². The third-order valence-electron chi connectivity index (χ3n) is 2.62. The van der Waals surface area contributed by atoms with Gasteiger partial charge in [0.2, 0.25) is 0 Å². The number of phenols is 1. The van der Waals surface area contributed by atoms with Crippen LogP contribution in [-0.2, 0) is 11.3 Å². The van der Waals surface area contributed by atoms with Gasteiger partial charge in [0.1, 0.15) is 5.75 Å². The molecule has 1 aliphatic rings. The molecule has 0 aromatic heterocycles. The minimum atomic E-state index is 0.0949. The van der Waals surface area contributed by atoms with E-state index >= 15 is 0 Å². The topological polar surface area (TPSA) is 41.5 Å². The van der Waals surface area contributed by atoms with E-state index in [2.05, 4.69) is 5.32 Å². The van der Waals surface area contributed by atoms with Gasteiger partial charge in [-0.25, -0.2) is 0 Å². The second kappa shape index (κ2) is 5.23. The molecule has 3 nitrogen and oxygen atoms in total. The van der Waals surface area contributed by atoms with Crippen molar-refractivity contribution in [1.29, 1.82) is 0 Å². The first-order valence-electron chi connectivity index (χ1n) is 5.15. The van der Waals surface area contributed by atoms with Gasteiger partial charge in [0.15, 0.2) is 0 Å². The van der Waals surface area contributed by atoms with E-state index in [4.69, 9.17) is 27.9 Å². The van der Waals surface area contributed by atoms with E-state index in [1.807, 2.05) is 0 Å². The summed E-state index contributed by atoms with van der Waals surface area (Å²) in [5.74, 6) is 0.0949. The van der Waals surface area contributed by atoms with Crippen LogP contribution in [0.25, 0.3) is 0 Å². The highest BCUT2D eigenvalue weighted by molar-refractivity contribution is 6.35. The highest BCUT2D eigenvalue weighted by Gasteiger charge is 2.16. The molecule has 0 radical (unpaired) electrons. The van der Waals surface area contributed by atoms with Crippen molar-refractivity contribution >= 4 is 23.2 Å². The molecule has 1 heterocycles. The zero-order valence-corrected chi connectivity index (χ0v) is 10.2. The fraction of sp³-hybridized carbons (Fsp3) is 0.455. The van der Waals surface area contributed by atoms with Gasteiger partial charge in [-0.15, -0.1) is 0 Å². The molecule has 5 heteroatoms. The maximum atomic E-state index is 9.73. The van der Waals surface area contributed by atoms with Crippen LogP contribution in [0.15, 0.2) is 12.1 Å². The van der Waals surface area contributed by atoms with Gasteiger partial charge in [0, 0.05) is 29.8 Å². The Morgan fingerprint density at radius 2 is 2.25 bits per heavy atom. The molecule has 0 aliphatic carbocycles. The van der Waals surface area contributed by atoms with E-state index in [1.54, 1.807) is 6.07 Å². The molecule has 0 amide bonds. The van der Waals surface area contributed by atoms with Crippen molar-refractivity contribution in [2.24, 2.45) is 0 Å². The molecule has 2 rings (SSSR count). The Hall–Kier alpha value is -0.480. The average molecular weight is 262 g/mol. The molecule has 0 bridgehead atoms. The van der Waals surface area contributed by atoms with Crippen LogP contribution in [0.1, 0.15) is 12.0 Å².